The molecule has 0 aliphatic carbocycles. The quantitative estimate of drug-likeness (QED) is 0.319. The lowest BCUT2D eigenvalue weighted by atomic mass is 10.1. The molecule has 0 atom stereocenters. The van der Waals surface area contributed by atoms with Gasteiger partial charge in [0.15, 0.2) is 0 Å². The van der Waals surface area contributed by atoms with Crippen molar-refractivity contribution in [2.24, 2.45) is 5.16 Å². The Morgan fingerprint density at radius 2 is 1.62 bits per heavy atom. The minimum atomic E-state index is -0.485. The standard InChI is InChI=1S/C20H23NO3/c1-4-5-14-23-19-12-10-18(11-13-19)20(22)24-21-16(3)17-8-6-15(2)7-9-17/h6-13H,4-5,14H2,1-3H3. The van der Waals surface area contributed by atoms with Crippen molar-refractivity contribution in [3.05, 3.63) is 65.2 Å². The largest absolute Gasteiger partial charge is 0.494 e. The van der Waals surface area contributed by atoms with Crippen molar-refractivity contribution < 1.29 is 14.4 Å². The zero-order valence-electron chi connectivity index (χ0n) is 14.4. The zero-order valence-corrected chi connectivity index (χ0v) is 14.4. The number of carbonyl (C=O) groups is 1. The Morgan fingerprint density at radius 1 is 1.00 bits per heavy atom. The lowest BCUT2D eigenvalue weighted by Crippen LogP contribution is -2.04. The average Bonchev–Trinajstić information content (AvgIpc) is 2.61. The normalized spacial score (nSPS) is 11.2. The molecule has 2 aromatic rings. The minimum Gasteiger partial charge on any atom is -0.494 e. The molecular weight excluding hydrogens is 302 g/mol. The van der Waals surface area contributed by atoms with Gasteiger partial charge in [0, 0.05) is 0 Å². The van der Waals surface area contributed by atoms with Gasteiger partial charge in [-0.05, 0) is 50.1 Å². The molecule has 0 saturated carbocycles. The molecule has 4 nitrogen and oxygen atoms in total. The topological polar surface area (TPSA) is 47.9 Å². The Kier molecular flexibility index (Phi) is 6.55. The lowest BCUT2D eigenvalue weighted by molar-refractivity contribution is 0.0516. The van der Waals surface area contributed by atoms with E-state index >= 15 is 0 Å². The molecule has 0 spiro atoms. The van der Waals surface area contributed by atoms with E-state index in [1.807, 2.05) is 38.1 Å². The summed E-state index contributed by atoms with van der Waals surface area (Å²) in [6.07, 6.45) is 2.10. The van der Waals surface area contributed by atoms with Gasteiger partial charge in [-0.25, -0.2) is 4.79 Å². The summed E-state index contributed by atoms with van der Waals surface area (Å²) in [4.78, 5) is 17.1. The number of benzene rings is 2. The van der Waals surface area contributed by atoms with Gasteiger partial charge >= 0.3 is 5.97 Å². The first-order valence-corrected chi connectivity index (χ1v) is 8.16. The minimum absolute atomic E-state index is 0.443. The molecule has 0 amide bonds. The summed E-state index contributed by atoms with van der Waals surface area (Å²) < 4.78 is 5.57. The first kappa shape index (κ1) is 17.7. The highest BCUT2D eigenvalue weighted by molar-refractivity contribution is 5.99. The van der Waals surface area contributed by atoms with E-state index in [0.29, 0.717) is 17.9 Å². The van der Waals surface area contributed by atoms with E-state index in [0.717, 1.165) is 24.2 Å². The van der Waals surface area contributed by atoms with E-state index in [-0.39, 0.29) is 0 Å². The average molecular weight is 325 g/mol. The number of unbranched alkanes of at least 4 members (excludes halogenated alkanes) is 1. The predicted octanol–water partition coefficient (Wildman–Crippen LogP) is 4.75. The van der Waals surface area contributed by atoms with Crippen LogP contribution in [0.2, 0.25) is 0 Å². The number of aryl methyl sites for hydroxylation is 1. The van der Waals surface area contributed by atoms with Crippen LogP contribution in [0.3, 0.4) is 0 Å². The highest BCUT2D eigenvalue weighted by Crippen LogP contribution is 2.14. The molecule has 0 radical (unpaired) electrons. The predicted molar refractivity (Wildman–Crippen MR) is 95.7 cm³/mol. The number of nitrogens with zero attached hydrogens (tertiary/aromatic N) is 1. The van der Waals surface area contributed by atoms with Gasteiger partial charge in [-0.15, -0.1) is 0 Å². The summed E-state index contributed by atoms with van der Waals surface area (Å²) in [5, 5.41) is 3.92. The molecule has 0 N–H and O–H groups in total. The van der Waals surface area contributed by atoms with Gasteiger partial charge in [0.05, 0.1) is 17.9 Å². The fourth-order valence-electron chi connectivity index (χ4n) is 2.03. The summed E-state index contributed by atoms with van der Waals surface area (Å²) in [7, 11) is 0. The van der Waals surface area contributed by atoms with Crippen molar-refractivity contribution in [2.45, 2.75) is 33.6 Å². The fourth-order valence-corrected chi connectivity index (χ4v) is 2.03. The molecule has 0 aliphatic rings. The van der Waals surface area contributed by atoms with Gasteiger partial charge in [0.1, 0.15) is 5.75 Å². The number of ether oxygens (including phenoxy) is 1. The Bertz CT molecular complexity index is 688. The summed E-state index contributed by atoms with van der Waals surface area (Å²) in [6, 6.07) is 14.8. The van der Waals surface area contributed by atoms with Crippen LogP contribution in [0.15, 0.2) is 53.7 Å². The highest BCUT2D eigenvalue weighted by atomic mass is 16.7. The lowest BCUT2D eigenvalue weighted by Gasteiger charge is -2.06. The third-order valence-corrected chi connectivity index (χ3v) is 3.59. The van der Waals surface area contributed by atoms with E-state index in [9.17, 15) is 4.79 Å². The monoisotopic (exact) mass is 325 g/mol. The second-order valence-corrected chi connectivity index (χ2v) is 5.65. The van der Waals surface area contributed by atoms with Gasteiger partial charge in [-0.3, -0.25) is 0 Å². The maximum absolute atomic E-state index is 12.0. The van der Waals surface area contributed by atoms with Crippen molar-refractivity contribution >= 4 is 11.7 Å². The molecule has 0 saturated heterocycles. The molecule has 0 bridgehead atoms. The Labute approximate surface area is 143 Å². The Balaban J connectivity index is 1.94. The van der Waals surface area contributed by atoms with E-state index in [1.165, 1.54) is 5.56 Å². The number of rotatable bonds is 7. The third kappa shape index (κ3) is 5.23. The van der Waals surface area contributed by atoms with Crippen LogP contribution in [0, 0.1) is 6.92 Å². The smallest absolute Gasteiger partial charge is 0.365 e. The molecule has 2 rings (SSSR count). The first-order chi connectivity index (χ1) is 11.6. The Hall–Kier alpha value is -2.62. The van der Waals surface area contributed by atoms with Crippen LogP contribution in [0.5, 0.6) is 5.75 Å². The molecule has 0 aliphatic heterocycles. The highest BCUT2D eigenvalue weighted by Gasteiger charge is 2.08. The van der Waals surface area contributed by atoms with Crippen LogP contribution in [0.25, 0.3) is 0 Å². The van der Waals surface area contributed by atoms with Crippen LogP contribution in [0.4, 0.5) is 0 Å². The van der Waals surface area contributed by atoms with Crippen LogP contribution < -0.4 is 4.74 Å². The van der Waals surface area contributed by atoms with Crippen molar-refractivity contribution in [1.29, 1.82) is 0 Å². The maximum atomic E-state index is 12.0. The summed E-state index contributed by atoms with van der Waals surface area (Å²) in [5.41, 5.74) is 3.19. The number of oxime groups is 1. The van der Waals surface area contributed by atoms with Gasteiger partial charge in [-0.1, -0.05) is 48.3 Å². The van der Waals surface area contributed by atoms with Crippen LogP contribution in [0.1, 0.15) is 48.2 Å². The number of hydrogen-bond donors (Lipinski definition) is 0. The van der Waals surface area contributed by atoms with Crippen molar-refractivity contribution in [1.82, 2.24) is 0 Å². The molecule has 0 fully saturated rings. The molecular formula is C20H23NO3. The molecule has 2 aromatic carbocycles. The SMILES string of the molecule is CCCCOc1ccc(C(=O)ON=C(C)c2ccc(C)cc2)cc1. The summed E-state index contributed by atoms with van der Waals surface area (Å²) in [6.45, 7) is 6.62. The van der Waals surface area contributed by atoms with Crippen LogP contribution >= 0.6 is 0 Å². The van der Waals surface area contributed by atoms with Crippen molar-refractivity contribution in [3.63, 3.8) is 0 Å². The van der Waals surface area contributed by atoms with Crippen LogP contribution in [-0.2, 0) is 4.84 Å². The second kappa shape index (κ2) is 8.87. The number of hydrogen-bond acceptors (Lipinski definition) is 4. The molecule has 4 heteroatoms. The maximum Gasteiger partial charge on any atom is 0.365 e. The molecule has 0 aromatic heterocycles. The first-order valence-electron chi connectivity index (χ1n) is 8.16. The van der Waals surface area contributed by atoms with Crippen molar-refractivity contribution in [3.8, 4) is 5.75 Å². The van der Waals surface area contributed by atoms with Crippen LogP contribution in [-0.4, -0.2) is 18.3 Å². The van der Waals surface area contributed by atoms with E-state index in [2.05, 4.69) is 12.1 Å². The Morgan fingerprint density at radius 3 is 2.25 bits per heavy atom. The zero-order chi connectivity index (χ0) is 17.4. The molecule has 0 heterocycles. The summed E-state index contributed by atoms with van der Waals surface area (Å²) in [5.74, 6) is 0.265. The van der Waals surface area contributed by atoms with Crippen molar-refractivity contribution in [2.75, 3.05) is 6.61 Å². The molecule has 0 unspecified atom stereocenters. The van der Waals surface area contributed by atoms with E-state index in [1.54, 1.807) is 24.3 Å². The van der Waals surface area contributed by atoms with Gasteiger partial charge in [0.25, 0.3) is 0 Å². The number of carbonyl (C=O) groups excluding carboxylic acids is 1. The van der Waals surface area contributed by atoms with Gasteiger partial charge in [-0.2, -0.15) is 0 Å². The fraction of sp³-hybridized carbons (Fsp3) is 0.300. The van der Waals surface area contributed by atoms with E-state index in [4.69, 9.17) is 9.57 Å². The second-order valence-electron chi connectivity index (χ2n) is 5.65. The molecule has 126 valence electrons. The summed E-state index contributed by atoms with van der Waals surface area (Å²) >= 11 is 0. The third-order valence-electron chi connectivity index (χ3n) is 3.59. The van der Waals surface area contributed by atoms with E-state index < -0.39 is 5.97 Å². The molecule has 24 heavy (non-hydrogen) atoms. The van der Waals surface area contributed by atoms with Gasteiger partial charge in [0.2, 0.25) is 0 Å². The van der Waals surface area contributed by atoms with Gasteiger partial charge < -0.3 is 9.57 Å².